The van der Waals surface area contributed by atoms with Gasteiger partial charge in [0, 0.05) is 5.69 Å². The lowest BCUT2D eigenvalue weighted by molar-refractivity contribution is 0.0649. The number of anilines is 1. The molecule has 0 fully saturated rings. The Morgan fingerprint density at radius 1 is 1.50 bits per heavy atom. The lowest BCUT2D eigenvalue weighted by Crippen LogP contribution is -2.39. The van der Waals surface area contributed by atoms with Crippen LogP contribution in [0.1, 0.15) is 26.3 Å². The van der Waals surface area contributed by atoms with E-state index in [4.69, 9.17) is 16.9 Å². The fourth-order valence-electron chi connectivity index (χ4n) is 1.12. The zero-order valence-corrected chi connectivity index (χ0v) is 10.3. The van der Waals surface area contributed by atoms with Crippen LogP contribution in [0.5, 0.6) is 0 Å². The summed E-state index contributed by atoms with van der Waals surface area (Å²) in [7, 11) is 0. The van der Waals surface area contributed by atoms with Crippen molar-refractivity contribution >= 4 is 17.3 Å². The summed E-state index contributed by atoms with van der Waals surface area (Å²) >= 11 is 5.90. The summed E-state index contributed by atoms with van der Waals surface area (Å²) in [6.45, 7) is 5.35. The Bertz CT molecular complexity index is 418. The SMILES string of the molecule is CC(Nc1ccc(C#N)c(Cl)c1)C(C)(C)O. The van der Waals surface area contributed by atoms with Gasteiger partial charge in [0.2, 0.25) is 0 Å². The van der Waals surface area contributed by atoms with Crippen molar-refractivity contribution in [3.05, 3.63) is 28.8 Å². The molecule has 0 aliphatic carbocycles. The Balaban J connectivity index is 2.85. The molecule has 0 spiro atoms. The average molecular weight is 239 g/mol. The Morgan fingerprint density at radius 3 is 2.56 bits per heavy atom. The predicted molar refractivity (Wildman–Crippen MR) is 65.5 cm³/mol. The summed E-state index contributed by atoms with van der Waals surface area (Å²) in [5.41, 5.74) is 0.419. The highest BCUT2D eigenvalue weighted by molar-refractivity contribution is 6.32. The van der Waals surface area contributed by atoms with Crippen molar-refractivity contribution < 1.29 is 5.11 Å². The van der Waals surface area contributed by atoms with Gasteiger partial charge in [0.15, 0.2) is 0 Å². The molecule has 16 heavy (non-hydrogen) atoms. The third kappa shape index (κ3) is 3.13. The molecule has 1 aromatic rings. The summed E-state index contributed by atoms with van der Waals surface area (Å²) < 4.78 is 0. The van der Waals surface area contributed by atoms with Gasteiger partial charge in [0.05, 0.1) is 22.2 Å². The highest BCUT2D eigenvalue weighted by Gasteiger charge is 2.21. The van der Waals surface area contributed by atoms with Gasteiger partial charge in [-0.2, -0.15) is 5.26 Å². The standard InChI is InChI=1S/C12H15ClN2O/c1-8(12(2,3)16)15-10-5-4-9(7-14)11(13)6-10/h4-6,8,15-16H,1-3H3. The minimum atomic E-state index is -0.819. The second kappa shape index (κ2) is 4.73. The van der Waals surface area contributed by atoms with E-state index in [0.29, 0.717) is 10.6 Å². The Labute approximate surface area is 101 Å². The normalized spacial score (nSPS) is 13.0. The van der Waals surface area contributed by atoms with Gasteiger partial charge < -0.3 is 10.4 Å². The number of hydrogen-bond acceptors (Lipinski definition) is 3. The van der Waals surface area contributed by atoms with Crippen LogP contribution in [0.25, 0.3) is 0 Å². The third-order valence-corrected chi connectivity index (χ3v) is 2.85. The van der Waals surface area contributed by atoms with E-state index in [0.717, 1.165) is 5.69 Å². The summed E-state index contributed by atoms with van der Waals surface area (Å²) in [5.74, 6) is 0. The Kier molecular flexibility index (Phi) is 3.79. The van der Waals surface area contributed by atoms with Crippen LogP contribution in [0.4, 0.5) is 5.69 Å². The molecule has 0 saturated carbocycles. The number of aliphatic hydroxyl groups is 1. The van der Waals surface area contributed by atoms with Gasteiger partial charge in [-0.3, -0.25) is 0 Å². The quantitative estimate of drug-likeness (QED) is 0.852. The van der Waals surface area contributed by atoms with E-state index in [9.17, 15) is 5.11 Å². The molecule has 86 valence electrons. The van der Waals surface area contributed by atoms with Crippen LogP contribution in [-0.4, -0.2) is 16.7 Å². The number of rotatable bonds is 3. The zero-order chi connectivity index (χ0) is 12.3. The van der Waals surface area contributed by atoms with Crippen molar-refractivity contribution in [1.29, 1.82) is 5.26 Å². The van der Waals surface area contributed by atoms with E-state index in [-0.39, 0.29) is 6.04 Å². The first-order chi connectivity index (χ1) is 7.34. The molecule has 1 rings (SSSR count). The molecule has 0 bridgehead atoms. The summed E-state index contributed by atoms with van der Waals surface area (Å²) in [6, 6.07) is 6.99. The first kappa shape index (κ1) is 12.8. The van der Waals surface area contributed by atoms with Crippen LogP contribution in [-0.2, 0) is 0 Å². The molecule has 0 amide bonds. The number of hydrogen-bond donors (Lipinski definition) is 2. The fraction of sp³-hybridized carbons (Fsp3) is 0.417. The molecule has 0 aromatic heterocycles. The zero-order valence-electron chi connectivity index (χ0n) is 9.58. The van der Waals surface area contributed by atoms with E-state index in [1.807, 2.05) is 13.0 Å². The van der Waals surface area contributed by atoms with Crippen LogP contribution in [0, 0.1) is 11.3 Å². The fourth-order valence-corrected chi connectivity index (χ4v) is 1.34. The molecule has 3 nitrogen and oxygen atoms in total. The lowest BCUT2D eigenvalue weighted by atomic mass is 10.0. The summed E-state index contributed by atoms with van der Waals surface area (Å²) in [4.78, 5) is 0. The van der Waals surface area contributed by atoms with Crippen molar-refractivity contribution in [2.45, 2.75) is 32.4 Å². The van der Waals surface area contributed by atoms with Gasteiger partial charge in [-0.1, -0.05) is 11.6 Å². The van der Waals surface area contributed by atoms with Crippen molar-refractivity contribution in [3.8, 4) is 6.07 Å². The topological polar surface area (TPSA) is 56.0 Å². The van der Waals surface area contributed by atoms with Gasteiger partial charge in [-0.15, -0.1) is 0 Å². The first-order valence-corrected chi connectivity index (χ1v) is 5.41. The largest absolute Gasteiger partial charge is 0.388 e. The molecule has 1 aromatic carbocycles. The smallest absolute Gasteiger partial charge is 0.101 e. The van der Waals surface area contributed by atoms with Crippen molar-refractivity contribution in [2.75, 3.05) is 5.32 Å². The molecule has 0 saturated heterocycles. The maximum atomic E-state index is 9.77. The molecule has 0 aliphatic rings. The molecule has 0 radical (unpaired) electrons. The summed E-state index contributed by atoms with van der Waals surface area (Å²) in [5, 5.41) is 22.0. The van der Waals surface area contributed by atoms with E-state index >= 15 is 0 Å². The van der Waals surface area contributed by atoms with E-state index in [1.165, 1.54) is 0 Å². The minimum absolute atomic E-state index is 0.114. The third-order valence-electron chi connectivity index (χ3n) is 2.53. The van der Waals surface area contributed by atoms with Crippen LogP contribution < -0.4 is 5.32 Å². The molecule has 1 atom stereocenters. The number of nitriles is 1. The average Bonchev–Trinajstić information content (AvgIpc) is 2.16. The van der Waals surface area contributed by atoms with Crippen LogP contribution in [0.15, 0.2) is 18.2 Å². The van der Waals surface area contributed by atoms with Gasteiger partial charge in [0.25, 0.3) is 0 Å². The molecular formula is C12H15ClN2O. The summed E-state index contributed by atoms with van der Waals surface area (Å²) in [6.07, 6.45) is 0. The van der Waals surface area contributed by atoms with E-state index < -0.39 is 5.60 Å². The van der Waals surface area contributed by atoms with E-state index in [1.54, 1.807) is 32.0 Å². The number of benzene rings is 1. The lowest BCUT2D eigenvalue weighted by Gasteiger charge is -2.27. The van der Waals surface area contributed by atoms with Gasteiger partial charge in [-0.05, 0) is 39.0 Å². The van der Waals surface area contributed by atoms with Crippen molar-refractivity contribution in [3.63, 3.8) is 0 Å². The Hall–Kier alpha value is -1.24. The van der Waals surface area contributed by atoms with Crippen molar-refractivity contribution in [2.24, 2.45) is 0 Å². The first-order valence-electron chi connectivity index (χ1n) is 5.03. The van der Waals surface area contributed by atoms with Crippen LogP contribution in [0.3, 0.4) is 0 Å². The van der Waals surface area contributed by atoms with Crippen LogP contribution >= 0.6 is 11.6 Å². The molecular weight excluding hydrogens is 224 g/mol. The number of halogens is 1. The van der Waals surface area contributed by atoms with E-state index in [2.05, 4.69) is 5.32 Å². The monoisotopic (exact) mass is 238 g/mol. The number of nitrogens with zero attached hydrogens (tertiary/aromatic N) is 1. The Morgan fingerprint density at radius 2 is 2.12 bits per heavy atom. The van der Waals surface area contributed by atoms with Crippen molar-refractivity contribution in [1.82, 2.24) is 0 Å². The van der Waals surface area contributed by atoms with Gasteiger partial charge >= 0.3 is 0 Å². The van der Waals surface area contributed by atoms with Gasteiger partial charge in [-0.25, -0.2) is 0 Å². The maximum Gasteiger partial charge on any atom is 0.101 e. The maximum absolute atomic E-state index is 9.77. The predicted octanol–water partition coefficient (Wildman–Crippen LogP) is 2.78. The highest BCUT2D eigenvalue weighted by Crippen LogP contribution is 2.22. The minimum Gasteiger partial charge on any atom is -0.388 e. The van der Waals surface area contributed by atoms with Gasteiger partial charge in [0.1, 0.15) is 6.07 Å². The molecule has 4 heteroatoms. The molecule has 1 unspecified atom stereocenters. The van der Waals surface area contributed by atoms with Crippen LogP contribution in [0.2, 0.25) is 5.02 Å². The molecule has 2 N–H and O–H groups in total. The second-order valence-electron chi connectivity index (χ2n) is 4.33. The number of nitrogens with one attached hydrogen (secondary N) is 1. The molecule has 0 heterocycles. The highest BCUT2D eigenvalue weighted by atomic mass is 35.5. The second-order valence-corrected chi connectivity index (χ2v) is 4.73. The molecule has 0 aliphatic heterocycles.